The molecule has 2 aromatic heterocycles. The SMILES string of the molecule is Cc1ccc(C(C)NCc2ccoc2)o1. The fourth-order valence-corrected chi connectivity index (χ4v) is 1.45. The van der Waals surface area contributed by atoms with E-state index in [0.29, 0.717) is 0 Å². The highest BCUT2D eigenvalue weighted by molar-refractivity contribution is 5.10. The lowest BCUT2D eigenvalue weighted by Gasteiger charge is -2.09. The zero-order valence-corrected chi connectivity index (χ0v) is 8.99. The number of hydrogen-bond acceptors (Lipinski definition) is 3. The minimum Gasteiger partial charge on any atom is -0.472 e. The summed E-state index contributed by atoms with van der Waals surface area (Å²) in [6.45, 7) is 4.82. The smallest absolute Gasteiger partial charge is 0.120 e. The third-order valence-corrected chi connectivity index (χ3v) is 2.38. The van der Waals surface area contributed by atoms with Crippen LogP contribution in [-0.4, -0.2) is 0 Å². The maximum atomic E-state index is 5.53. The van der Waals surface area contributed by atoms with Gasteiger partial charge in [-0.2, -0.15) is 0 Å². The van der Waals surface area contributed by atoms with E-state index in [9.17, 15) is 0 Å². The van der Waals surface area contributed by atoms with E-state index in [2.05, 4.69) is 12.2 Å². The number of furan rings is 2. The van der Waals surface area contributed by atoms with E-state index >= 15 is 0 Å². The average Bonchev–Trinajstić information content (AvgIpc) is 2.84. The molecule has 3 nitrogen and oxygen atoms in total. The first-order valence-electron chi connectivity index (χ1n) is 5.06. The Kier molecular flexibility index (Phi) is 2.92. The fraction of sp³-hybridized carbons (Fsp3) is 0.333. The minimum atomic E-state index is 0.216. The molecule has 0 aliphatic rings. The Morgan fingerprint density at radius 2 is 2.20 bits per heavy atom. The molecule has 2 aromatic rings. The monoisotopic (exact) mass is 205 g/mol. The third-order valence-electron chi connectivity index (χ3n) is 2.38. The summed E-state index contributed by atoms with van der Waals surface area (Å²) in [6, 6.07) is 6.15. The van der Waals surface area contributed by atoms with Gasteiger partial charge in [-0.05, 0) is 32.0 Å². The molecule has 0 aromatic carbocycles. The van der Waals surface area contributed by atoms with Gasteiger partial charge in [0.05, 0.1) is 18.6 Å². The van der Waals surface area contributed by atoms with Crippen LogP contribution in [0.2, 0.25) is 0 Å². The lowest BCUT2D eigenvalue weighted by molar-refractivity contribution is 0.415. The lowest BCUT2D eigenvalue weighted by atomic mass is 10.2. The second-order valence-electron chi connectivity index (χ2n) is 3.68. The molecule has 0 fully saturated rings. The van der Waals surface area contributed by atoms with Crippen LogP contribution in [0.1, 0.15) is 30.0 Å². The highest BCUT2D eigenvalue weighted by atomic mass is 16.3. The van der Waals surface area contributed by atoms with Crippen molar-refractivity contribution in [3.63, 3.8) is 0 Å². The molecule has 2 heterocycles. The molecule has 0 saturated carbocycles. The molecule has 1 atom stereocenters. The van der Waals surface area contributed by atoms with E-state index in [1.54, 1.807) is 12.5 Å². The van der Waals surface area contributed by atoms with Gasteiger partial charge in [0.25, 0.3) is 0 Å². The molecule has 0 aliphatic carbocycles. The number of nitrogens with one attached hydrogen (secondary N) is 1. The molecule has 0 spiro atoms. The molecule has 0 radical (unpaired) electrons. The van der Waals surface area contributed by atoms with E-state index in [1.165, 1.54) is 0 Å². The maximum absolute atomic E-state index is 5.53. The van der Waals surface area contributed by atoms with E-state index in [0.717, 1.165) is 23.6 Å². The number of aryl methyl sites for hydroxylation is 1. The zero-order chi connectivity index (χ0) is 10.7. The van der Waals surface area contributed by atoms with Gasteiger partial charge in [0.2, 0.25) is 0 Å². The van der Waals surface area contributed by atoms with Crippen molar-refractivity contribution in [1.82, 2.24) is 5.32 Å². The average molecular weight is 205 g/mol. The topological polar surface area (TPSA) is 38.3 Å². The maximum Gasteiger partial charge on any atom is 0.120 e. The summed E-state index contributed by atoms with van der Waals surface area (Å²) >= 11 is 0. The summed E-state index contributed by atoms with van der Waals surface area (Å²) in [5.41, 5.74) is 1.14. The lowest BCUT2D eigenvalue weighted by Crippen LogP contribution is -2.17. The van der Waals surface area contributed by atoms with Crippen LogP contribution < -0.4 is 5.32 Å². The van der Waals surface area contributed by atoms with Crippen molar-refractivity contribution in [2.75, 3.05) is 0 Å². The normalized spacial score (nSPS) is 12.9. The molecule has 1 N–H and O–H groups in total. The Bertz CT molecular complexity index is 403. The molecule has 80 valence electrons. The summed E-state index contributed by atoms with van der Waals surface area (Å²) < 4.78 is 10.5. The van der Waals surface area contributed by atoms with Gasteiger partial charge in [0, 0.05) is 12.1 Å². The van der Waals surface area contributed by atoms with Crippen molar-refractivity contribution in [2.24, 2.45) is 0 Å². The van der Waals surface area contributed by atoms with E-state index < -0.39 is 0 Å². The second kappa shape index (κ2) is 4.36. The quantitative estimate of drug-likeness (QED) is 0.833. The van der Waals surface area contributed by atoms with Crippen LogP contribution in [0.5, 0.6) is 0 Å². The molecule has 0 aliphatic heterocycles. The van der Waals surface area contributed by atoms with Crippen molar-refractivity contribution < 1.29 is 8.83 Å². The van der Waals surface area contributed by atoms with E-state index in [1.807, 2.05) is 25.1 Å². The first kappa shape index (κ1) is 10.1. The van der Waals surface area contributed by atoms with Crippen LogP contribution in [0.3, 0.4) is 0 Å². The summed E-state index contributed by atoms with van der Waals surface area (Å²) in [5, 5.41) is 3.36. The highest BCUT2D eigenvalue weighted by Gasteiger charge is 2.08. The summed E-state index contributed by atoms with van der Waals surface area (Å²) in [4.78, 5) is 0. The van der Waals surface area contributed by atoms with Crippen LogP contribution in [0.15, 0.2) is 39.6 Å². The van der Waals surface area contributed by atoms with Gasteiger partial charge in [0.15, 0.2) is 0 Å². The van der Waals surface area contributed by atoms with Crippen LogP contribution in [0.25, 0.3) is 0 Å². The Morgan fingerprint density at radius 3 is 2.80 bits per heavy atom. The number of hydrogen-bond donors (Lipinski definition) is 1. The predicted octanol–water partition coefficient (Wildman–Crippen LogP) is 3.03. The second-order valence-corrected chi connectivity index (χ2v) is 3.68. The fourth-order valence-electron chi connectivity index (χ4n) is 1.45. The van der Waals surface area contributed by atoms with E-state index in [-0.39, 0.29) is 6.04 Å². The molecule has 0 bridgehead atoms. The van der Waals surface area contributed by atoms with Crippen molar-refractivity contribution in [3.8, 4) is 0 Å². The Hall–Kier alpha value is -1.48. The van der Waals surface area contributed by atoms with Gasteiger partial charge in [0.1, 0.15) is 11.5 Å². The third kappa shape index (κ3) is 2.50. The molecule has 3 heteroatoms. The van der Waals surface area contributed by atoms with Crippen molar-refractivity contribution in [2.45, 2.75) is 26.4 Å². The van der Waals surface area contributed by atoms with Gasteiger partial charge in [-0.25, -0.2) is 0 Å². The van der Waals surface area contributed by atoms with Crippen LogP contribution >= 0.6 is 0 Å². The van der Waals surface area contributed by atoms with Crippen molar-refractivity contribution in [1.29, 1.82) is 0 Å². The number of rotatable bonds is 4. The Morgan fingerprint density at radius 1 is 1.33 bits per heavy atom. The van der Waals surface area contributed by atoms with Gasteiger partial charge in [-0.1, -0.05) is 0 Å². The molecule has 15 heavy (non-hydrogen) atoms. The van der Waals surface area contributed by atoms with Gasteiger partial charge in [-0.3, -0.25) is 0 Å². The van der Waals surface area contributed by atoms with Gasteiger partial charge in [-0.15, -0.1) is 0 Å². The molecule has 1 unspecified atom stereocenters. The van der Waals surface area contributed by atoms with Crippen LogP contribution in [-0.2, 0) is 6.54 Å². The summed E-state index contributed by atoms with van der Waals surface area (Å²) in [5.74, 6) is 1.91. The Balaban J connectivity index is 1.90. The molecular formula is C12H15NO2. The largest absolute Gasteiger partial charge is 0.472 e. The van der Waals surface area contributed by atoms with Crippen molar-refractivity contribution in [3.05, 3.63) is 47.8 Å². The first-order valence-corrected chi connectivity index (χ1v) is 5.06. The summed E-state index contributed by atoms with van der Waals surface area (Å²) in [7, 11) is 0. The highest BCUT2D eigenvalue weighted by Crippen LogP contribution is 2.16. The zero-order valence-electron chi connectivity index (χ0n) is 8.99. The minimum absolute atomic E-state index is 0.216. The Labute approximate surface area is 89.1 Å². The first-order chi connectivity index (χ1) is 7.25. The molecule has 0 saturated heterocycles. The standard InChI is InChI=1S/C12H15NO2/c1-9-3-4-12(15-9)10(2)13-7-11-5-6-14-8-11/h3-6,8,10,13H,7H2,1-2H3. The molecule has 2 rings (SSSR count). The van der Waals surface area contributed by atoms with Crippen LogP contribution in [0.4, 0.5) is 0 Å². The predicted molar refractivity (Wildman–Crippen MR) is 57.4 cm³/mol. The molecule has 0 amide bonds. The summed E-state index contributed by atoms with van der Waals surface area (Å²) in [6.07, 6.45) is 3.42. The van der Waals surface area contributed by atoms with Crippen molar-refractivity contribution >= 4 is 0 Å². The van der Waals surface area contributed by atoms with Gasteiger partial charge < -0.3 is 14.2 Å². The van der Waals surface area contributed by atoms with E-state index in [4.69, 9.17) is 8.83 Å². The van der Waals surface area contributed by atoms with Gasteiger partial charge >= 0.3 is 0 Å². The molecular weight excluding hydrogens is 190 g/mol. The van der Waals surface area contributed by atoms with Crippen LogP contribution in [0, 0.1) is 6.92 Å².